The maximum absolute atomic E-state index is 13.0. The number of aromatic nitrogens is 1. The second kappa shape index (κ2) is 6.58. The van der Waals surface area contributed by atoms with Crippen LogP contribution in [0.25, 0.3) is 21.7 Å². The highest BCUT2D eigenvalue weighted by Gasteiger charge is 2.11. The lowest BCUT2D eigenvalue weighted by molar-refractivity contribution is 0.0903. The Balaban J connectivity index is 1.87. The summed E-state index contributed by atoms with van der Waals surface area (Å²) in [5.41, 5.74) is 2.23. The molecule has 1 N–H and O–H groups in total. The number of benzene rings is 3. The minimum Gasteiger partial charge on any atom is -0.388 e. The molecule has 0 aliphatic heterocycles. The number of aliphatic hydroxyl groups excluding tert-OH is 1. The summed E-state index contributed by atoms with van der Waals surface area (Å²) in [7, 11) is 0. The molecule has 4 heteroatoms. The molecule has 128 valence electrons. The molecule has 0 radical (unpaired) electrons. The van der Waals surface area contributed by atoms with Gasteiger partial charge in [-0.2, -0.15) is 0 Å². The third-order valence-corrected chi connectivity index (χ3v) is 4.65. The van der Waals surface area contributed by atoms with E-state index in [2.05, 4.69) is 0 Å². The van der Waals surface area contributed by atoms with E-state index < -0.39 is 6.61 Å². The molecule has 0 fully saturated rings. The summed E-state index contributed by atoms with van der Waals surface area (Å²) in [5.74, 6) is -0.315. The highest BCUT2D eigenvalue weighted by atomic mass is 16.3. The first kappa shape index (κ1) is 16.2. The smallest absolute Gasteiger partial charge is 0.259 e. The molecular formula is C22H17NO3. The normalized spacial score (nSPS) is 11.1. The fourth-order valence-corrected chi connectivity index (χ4v) is 3.32. The van der Waals surface area contributed by atoms with Crippen molar-refractivity contribution in [2.75, 3.05) is 6.61 Å². The minimum atomic E-state index is -0.506. The third-order valence-electron chi connectivity index (χ3n) is 4.65. The van der Waals surface area contributed by atoms with Gasteiger partial charge in [-0.1, -0.05) is 60.7 Å². The Bertz CT molecular complexity index is 1170. The number of ketones is 1. The predicted molar refractivity (Wildman–Crippen MR) is 103 cm³/mol. The maximum atomic E-state index is 13.0. The molecule has 1 aromatic heterocycles. The van der Waals surface area contributed by atoms with Gasteiger partial charge in [-0.15, -0.1) is 0 Å². The van der Waals surface area contributed by atoms with Crippen molar-refractivity contribution in [1.29, 1.82) is 0 Å². The van der Waals surface area contributed by atoms with Crippen LogP contribution in [0.15, 0.2) is 77.6 Å². The molecule has 0 saturated heterocycles. The first-order valence-electron chi connectivity index (χ1n) is 8.42. The van der Waals surface area contributed by atoms with E-state index in [4.69, 9.17) is 5.11 Å². The third kappa shape index (κ3) is 2.70. The van der Waals surface area contributed by atoms with Crippen LogP contribution in [-0.2, 0) is 6.54 Å². The lowest BCUT2D eigenvalue weighted by atomic mass is 10.0. The number of rotatable bonds is 4. The van der Waals surface area contributed by atoms with Gasteiger partial charge in [-0.3, -0.25) is 9.59 Å². The summed E-state index contributed by atoms with van der Waals surface area (Å²) in [5, 5.41) is 11.6. The molecule has 0 saturated carbocycles. The van der Waals surface area contributed by atoms with Crippen molar-refractivity contribution in [3.05, 3.63) is 94.3 Å². The average molecular weight is 343 g/mol. The van der Waals surface area contributed by atoms with E-state index in [0.29, 0.717) is 17.5 Å². The van der Waals surface area contributed by atoms with Gasteiger partial charge in [0.1, 0.15) is 6.61 Å². The molecular weight excluding hydrogens is 326 g/mol. The summed E-state index contributed by atoms with van der Waals surface area (Å²) < 4.78 is 1.76. The van der Waals surface area contributed by atoms with Crippen molar-refractivity contribution in [2.45, 2.75) is 6.54 Å². The summed E-state index contributed by atoms with van der Waals surface area (Å²) in [4.78, 5) is 24.6. The predicted octanol–water partition coefficient (Wildman–Crippen LogP) is 3.38. The molecule has 0 amide bonds. The molecule has 0 aliphatic rings. The molecule has 0 aliphatic carbocycles. The number of Topliss-reactive ketones (excluding diaryl/α,β-unsaturated/α-hetero) is 1. The number of fused-ring (bicyclic) bond motifs is 3. The first-order valence-corrected chi connectivity index (χ1v) is 8.42. The van der Waals surface area contributed by atoms with Crippen molar-refractivity contribution in [1.82, 2.24) is 4.57 Å². The van der Waals surface area contributed by atoms with E-state index in [-0.39, 0.29) is 11.3 Å². The number of aliphatic hydroxyl groups is 1. The van der Waals surface area contributed by atoms with E-state index in [1.165, 1.54) is 0 Å². The second-order valence-corrected chi connectivity index (χ2v) is 6.23. The Hall–Kier alpha value is -3.24. The summed E-state index contributed by atoms with van der Waals surface area (Å²) in [6, 6.07) is 22.5. The summed E-state index contributed by atoms with van der Waals surface area (Å²) in [6.07, 6.45) is 0. The van der Waals surface area contributed by atoms with E-state index >= 15 is 0 Å². The summed E-state index contributed by atoms with van der Waals surface area (Å²) >= 11 is 0. The molecule has 26 heavy (non-hydrogen) atoms. The van der Waals surface area contributed by atoms with Crippen LogP contribution in [0.1, 0.15) is 15.9 Å². The molecule has 1 heterocycles. The molecule has 0 bridgehead atoms. The van der Waals surface area contributed by atoms with Crippen LogP contribution in [0.4, 0.5) is 0 Å². The number of carbonyl (C=O) groups is 1. The highest BCUT2D eigenvalue weighted by Crippen LogP contribution is 2.23. The second-order valence-electron chi connectivity index (χ2n) is 6.23. The van der Waals surface area contributed by atoms with Gasteiger partial charge < -0.3 is 9.67 Å². The number of nitrogens with zero attached hydrogens (tertiary/aromatic N) is 1. The molecule has 0 spiro atoms. The van der Waals surface area contributed by atoms with E-state index in [1.807, 2.05) is 60.7 Å². The van der Waals surface area contributed by atoms with Gasteiger partial charge in [0.2, 0.25) is 0 Å². The zero-order valence-corrected chi connectivity index (χ0v) is 14.1. The number of hydrogen-bond acceptors (Lipinski definition) is 3. The van der Waals surface area contributed by atoms with Crippen molar-refractivity contribution in [3.8, 4) is 0 Å². The molecule has 3 aromatic carbocycles. The van der Waals surface area contributed by atoms with Crippen molar-refractivity contribution in [2.24, 2.45) is 0 Å². The van der Waals surface area contributed by atoms with Crippen LogP contribution in [0, 0.1) is 0 Å². The Kier molecular flexibility index (Phi) is 4.11. The topological polar surface area (TPSA) is 59.3 Å². The molecule has 4 rings (SSSR count). The molecule has 0 atom stereocenters. The van der Waals surface area contributed by atoms with Crippen molar-refractivity contribution in [3.63, 3.8) is 0 Å². The Morgan fingerprint density at radius 2 is 1.42 bits per heavy atom. The van der Waals surface area contributed by atoms with Gasteiger partial charge in [-0.05, 0) is 23.1 Å². The zero-order valence-electron chi connectivity index (χ0n) is 14.1. The van der Waals surface area contributed by atoms with Gasteiger partial charge in [0.15, 0.2) is 5.78 Å². The van der Waals surface area contributed by atoms with Crippen molar-refractivity contribution < 1.29 is 9.90 Å². The first-order chi connectivity index (χ1) is 12.7. The van der Waals surface area contributed by atoms with Crippen LogP contribution in [0.2, 0.25) is 0 Å². The quantitative estimate of drug-likeness (QED) is 0.456. The van der Waals surface area contributed by atoms with Gasteiger partial charge >= 0.3 is 0 Å². The van der Waals surface area contributed by atoms with E-state index in [1.54, 1.807) is 16.7 Å². The van der Waals surface area contributed by atoms with Gasteiger partial charge in [0.05, 0.1) is 12.1 Å². The Morgan fingerprint density at radius 3 is 2.12 bits per heavy atom. The molecule has 0 unspecified atom stereocenters. The highest BCUT2D eigenvalue weighted by molar-refractivity contribution is 6.05. The largest absolute Gasteiger partial charge is 0.388 e. The van der Waals surface area contributed by atoms with E-state index in [9.17, 15) is 9.59 Å². The van der Waals surface area contributed by atoms with Gasteiger partial charge in [-0.25, -0.2) is 0 Å². The molecule has 4 aromatic rings. The van der Waals surface area contributed by atoms with Crippen LogP contribution >= 0.6 is 0 Å². The maximum Gasteiger partial charge on any atom is 0.259 e. The van der Waals surface area contributed by atoms with Crippen LogP contribution < -0.4 is 5.56 Å². The monoisotopic (exact) mass is 343 g/mol. The molecule has 4 nitrogen and oxygen atoms in total. The average Bonchev–Trinajstić information content (AvgIpc) is 2.71. The Morgan fingerprint density at radius 1 is 0.808 bits per heavy atom. The zero-order chi connectivity index (χ0) is 18.1. The number of para-hydroxylation sites is 1. The SMILES string of the molecule is O=C(CO)c1ccc(Cn2c(=O)c3ccccc3c3ccccc32)cc1. The van der Waals surface area contributed by atoms with Crippen LogP contribution in [0.3, 0.4) is 0 Å². The lowest BCUT2D eigenvalue weighted by Crippen LogP contribution is -2.21. The van der Waals surface area contributed by atoms with Gasteiger partial charge in [0, 0.05) is 16.3 Å². The fraction of sp³-hybridized carbons (Fsp3) is 0.0909. The number of hydrogen-bond donors (Lipinski definition) is 1. The fourth-order valence-electron chi connectivity index (χ4n) is 3.32. The van der Waals surface area contributed by atoms with Crippen molar-refractivity contribution >= 4 is 27.5 Å². The lowest BCUT2D eigenvalue weighted by Gasteiger charge is -2.13. The Labute approximate surface area is 149 Å². The minimum absolute atomic E-state index is 0.0326. The standard InChI is InChI=1S/C22H17NO3/c24-14-21(25)16-11-9-15(10-12-16)13-23-20-8-4-3-6-18(20)17-5-1-2-7-19(17)22(23)26/h1-12,24H,13-14H2. The van der Waals surface area contributed by atoms with Crippen LogP contribution in [-0.4, -0.2) is 22.1 Å². The summed E-state index contributed by atoms with van der Waals surface area (Å²) in [6.45, 7) is -0.0914. The van der Waals surface area contributed by atoms with E-state index in [0.717, 1.165) is 21.9 Å². The number of carbonyl (C=O) groups excluding carboxylic acids is 1. The van der Waals surface area contributed by atoms with Crippen LogP contribution in [0.5, 0.6) is 0 Å². The van der Waals surface area contributed by atoms with Gasteiger partial charge in [0.25, 0.3) is 5.56 Å². The number of pyridine rings is 1.